The van der Waals surface area contributed by atoms with Gasteiger partial charge in [0.15, 0.2) is 0 Å². The van der Waals surface area contributed by atoms with E-state index in [9.17, 15) is 4.79 Å². The molecule has 1 saturated carbocycles. The average molecular weight is 239 g/mol. The van der Waals surface area contributed by atoms with E-state index in [1.54, 1.807) is 0 Å². The van der Waals surface area contributed by atoms with Crippen molar-refractivity contribution in [3.63, 3.8) is 0 Å². The third kappa shape index (κ3) is 2.99. The van der Waals surface area contributed by atoms with E-state index in [2.05, 4.69) is 4.90 Å². The van der Waals surface area contributed by atoms with Gasteiger partial charge < -0.3 is 11.5 Å². The molecule has 3 unspecified atom stereocenters. The normalized spacial score (nSPS) is 35.7. The van der Waals surface area contributed by atoms with Gasteiger partial charge in [-0.05, 0) is 44.7 Å². The summed E-state index contributed by atoms with van der Waals surface area (Å²) >= 11 is 0. The number of likely N-dealkylation sites (tertiary alicyclic amines) is 1. The average Bonchev–Trinajstić information content (AvgIpc) is 2.39. The summed E-state index contributed by atoms with van der Waals surface area (Å²) in [6, 6.07) is 0.593. The van der Waals surface area contributed by atoms with Gasteiger partial charge in [-0.15, -0.1) is 0 Å². The zero-order valence-corrected chi connectivity index (χ0v) is 10.6. The zero-order chi connectivity index (χ0) is 12.3. The van der Waals surface area contributed by atoms with Crippen LogP contribution in [0.1, 0.15) is 38.5 Å². The number of hydrogen-bond acceptors (Lipinski definition) is 3. The predicted octanol–water partition coefficient (Wildman–Crippen LogP) is 0.701. The number of carbonyl (C=O) groups is 1. The molecule has 2 aliphatic rings. The molecule has 1 amide bonds. The summed E-state index contributed by atoms with van der Waals surface area (Å²) in [4.78, 5) is 13.8. The fourth-order valence-electron chi connectivity index (χ4n) is 3.48. The van der Waals surface area contributed by atoms with Crippen molar-refractivity contribution in [2.24, 2.45) is 23.3 Å². The minimum atomic E-state index is -0.130. The molecule has 1 aliphatic heterocycles. The van der Waals surface area contributed by atoms with Crippen molar-refractivity contribution in [2.75, 3.05) is 19.6 Å². The molecule has 0 aromatic rings. The summed E-state index contributed by atoms with van der Waals surface area (Å²) in [7, 11) is 0. The highest BCUT2D eigenvalue weighted by Gasteiger charge is 2.33. The van der Waals surface area contributed by atoms with Crippen LogP contribution in [0.2, 0.25) is 0 Å². The minimum absolute atomic E-state index is 0.0594. The lowest BCUT2D eigenvalue weighted by atomic mass is 9.82. The maximum absolute atomic E-state index is 11.3. The highest BCUT2D eigenvalue weighted by Crippen LogP contribution is 2.30. The Labute approximate surface area is 104 Å². The topological polar surface area (TPSA) is 72.3 Å². The van der Waals surface area contributed by atoms with Crippen molar-refractivity contribution < 1.29 is 4.79 Å². The van der Waals surface area contributed by atoms with Crippen LogP contribution in [0.4, 0.5) is 0 Å². The number of piperidine rings is 1. The lowest BCUT2D eigenvalue weighted by molar-refractivity contribution is -0.124. The molecule has 4 heteroatoms. The summed E-state index contributed by atoms with van der Waals surface area (Å²) in [6.07, 6.45) is 7.17. The van der Waals surface area contributed by atoms with Crippen molar-refractivity contribution >= 4 is 5.91 Å². The van der Waals surface area contributed by atoms with Gasteiger partial charge in [0.05, 0.1) is 5.92 Å². The number of carbonyl (C=O) groups excluding carboxylic acids is 1. The van der Waals surface area contributed by atoms with Crippen LogP contribution in [0.5, 0.6) is 0 Å². The summed E-state index contributed by atoms with van der Waals surface area (Å²) in [6.45, 7) is 2.75. The molecule has 1 saturated heterocycles. The largest absolute Gasteiger partial charge is 0.369 e. The highest BCUT2D eigenvalue weighted by atomic mass is 16.1. The Balaban J connectivity index is 1.97. The summed E-state index contributed by atoms with van der Waals surface area (Å²) < 4.78 is 0. The Kier molecular flexibility index (Phi) is 4.40. The molecule has 3 atom stereocenters. The van der Waals surface area contributed by atoms with Crippen molar-refractivity contribution in [1.82, 2.24) is 4.90 Å². The summed E-state index contributed by atoms with van der Waals surface area (Å²) in [5.41, 5.74) is 11.3. The van der Waals surface area contributed by atoms with E-state index in [0.717, 1.165) is 32.5 Å². The van der Waals surface area contributed by atoms with Crippen LogP contribution in [-0.2, 0) is 4.79 Å². The number of hydrogen-bond donors (Lipinski definition) is 2. The van der Waals surface area contributed by atoms with E-state index >= 15 is 0 Å². The summed E-state index contributed by atoms with van der Waals surface area (Å²) in [5.74, 6) is 0.550. The Morgan fingerprint density at radius 1 is 1.18 bits per heavy atom. The molecule has 0 spiro atoms. The second kappa shape index (κ2) is 5.83. The molecular formula is C13H25N3O. The second-order valence-electron chi connectivity index (χ2n) is 5.58. The predicted molar refractivity (Wildman–Crippen MR) is 68.3 cm³/mol. The Morgan fingerprint density at radius 2 is 1.94 bits per heavy atom. The van der Waals surface area contributed by atoms with Gasteiger partial charge in [-0.3, -0.25) is 9.69 Å². The van der Waals surface area contributed by atoms with Crippen LogP contribution in [-0.4, -0.2) is 36.5 Å². The van der Waals surface area contributed by atoms with Gasteiger partial charge in [-0.2, -0.15) is 0 Å². The van der Waals surface area contributed by atoms with Crippen LogP contribution < -0.4 is 11.5 Å². The molecule has 1 heterocycles. The smallest absolute Gasteiger partial charge is 0.221 e. The van der Waals surface area contributed by atoms with Crippen molar-refractivity contribution in [1.29, 1.82) is 0 Å². The van der Waals surface area contributed by atoms with Crippen LogP contribution in [0, 0.1) is 11.8 Å². The third-order valence-electron chi connectivity index (χ3n) is 4.50. The van der Waals surface area contributed by atoms with Crippen molar-refractivity contribution in [3.05, 3.63) is 0 Å². The highest BCUT2D eigenvalue weighted by molar-refractivity contribution is 5.76. The quantitative estimate of drug-likeness (QED) is 0.761. The van der Waals surface area contributed by atoms with Gasteiger partial charge in [-0.25, -0.2) is 0 Å². The zero-order valence-electron chi connectivity index (χ0n) is 10.6. The number of nitrogens with two attached hydrogens (primary N) is 2. The maximum Gasteiger partial charge on any atom is 0.221 e. The Bertz CT molecular complexity index is 269. The minimum Gasteiger partial charge on any atom is -0.369 e. The van der Waals surface area contributed by atoms with Crippen molar-refractivity contribution in [2.45, 2.75) is 44.6 Å². The first-order chi connectivity index (χ1) is 8.22. The molecule has 1 aliphatic carbocycles. The Hall–Kier alpha value is -0.610. The molecule has 0 aromatic heterocycles. The van der Waals surface area contributed by atoms with Crippen molar-refractivity contribution in [3.8, 4) is 0 Å². The fraction of sp³-hybridized carbons (Fsp3) is 0.923. The molecule has 98 valence electrons. The van der Waals surface area contributed by atoms with Crippen LogP contribution in [0.25, 0.3) is 0 Å². The van der Waals surface area contributed by atoms with E-state index in [-0.39, 0.29) is 11.8 Å². The summed E-state index contributed by atoms with van der Waals surface area (Å²) in [5, 5.41) is 0. The number of rotatable bonds is 3. The number of amides is 1. The first-order valence-corrected chi connectivity index (χ1v) is 6.95. The lowest BCUT2D eigenvalue weighted by Crippen LogP contribution is -2.51. The SMILES string of the molecule is NCC1CCCCC1N1CCCC(C(N)=O)C1. The first kappa shape index (κ1) is 12.8. The molecule has 17 heavy (non-hydrogen) atoms. The van der Waals surface area contributed by atoms with E-state index in [1.165, 1.54) is 25.7 Å². The molecule has 2 rings (SSSR count). The van der Waals surface area contributed by atoms with Crippen LogP contribution in [0.15, 0.2) is 0 Å². The third-order valence-corrected chi connectivity index (χ3v) is 4.50. The fourth-order valence-corrected chi connectivity index (χ4v) is 3.48. The Morgan fingerprint density at radius 3 is 2.65 bits per heavy atom. The van der Waals surface area contributed by atoms with Gasteiger partial charge in [-0.1, -0.05) is 12.8 Å². The van der Waals surface area contributed by atoms with E-state index in [0.29, 0.717) is 12.0 Å². The van der Waals surface area contributed by atoms with E-state index < -0.39 is 0 Å². The van der Waals surface area contributed by atoms with E-state index in [1.807, 2.05) is 0 Å². The molecule has 4 nitrogen and oxygen atoms in total. The maximum atomic E-state index is 11.3. The van der Waals surface area contributed by atoms with Gasteiger partial charge in [0.2, 0.25) is 5.91 Å². The number of primary amides is 1. The lowest BCUT2D eigenvalue weighted by Gasteiger charge is -2.43. The van der Waals surface area contributed by atoms with Gasteiger partial charge in [0.25, 0.3) is 0 Å². The van der Waals surface area contributed by atoms with Gasteiger partial charge in [0, 0.05) is 12.6 Å². The second-order valence-corrected chi connectivity index (χ2v) is 5.58. The number of nitrogens with zero attached hydrogens (tertiary/aromatic N) is 1. The first-order valence-electron chi connectivity index (χ1n) is 6.95. The van der Waals surface area contributed by atoms with E-state index in [4.69, 9.17) is 11.5 Å². The monoisotopic (exact) mass is 239 g/mol. The van der Waals surface area contributed by atoms with Crippen LogP contribution >= 0.6 is 0 Å². The molecule has 0 bridgehead atoms. The standard InChI is InChI=1S/C13H25N3O/c14-8-10-4-1-2-6-12(10)16-7-3-5-11(9-16)13(15)17/h10-12H,1-9,14H2,(H2,15,17). The molecule has 0 aromatic carbocycles. The molecule has 2 fully saturated rings. The van der Waals surface area contributed by atoms with Gasteiger partial charge >= 0.3 is 0 Å². The molecule has 0 radical (unpaired) electrons. The molecule has 4 N–H and O–H groups in total. The van der Waals surface area contributed by atoms with Gasteiger partial charge in [0.1, 0.15) is 0 Å². The van der Waals surface area contributed by atoms with Crippen LogP contribution in [0.3, 0.4) is 0 Å². The molecular weight excluding hydrogens is 214 g/mol.